The fraction of sp³-hybridized carbons (Fsp3) is 0.674. The minimum Gasteiger partial charge on any atom is -0.489 e. The van der Waals surface area contributed by atoms with Crippen molar-refractivity contribution in [3.05, 3.63) is 52.6 Å². The van der Waals surface area contributed by atoms with Crippen LogP contribution in [0.3, 0.4) is 0 Å². The average molecular weight is 729 g/mol. The molecule has 9 heteroatoms. The van der Waals surface area contributed by atoms with Crippen LogP contribution in [0.25, 0.3) is 0 Å². The van der Waals surface area contributed by atoms with Crippen LogP contribution >= 0.6 is 8.53 Å². The number of nitrogens with zero attached hydrogens (tertiary/aromatic N) is 4. The Morgan fingerprint density at radius 1 is 1.06 bits per heavy atom. The van der Waals surface area contributed by atoms with E-state index in [0.29, 0.717) is 62.7 Å². The molecule has 1 fully saturated rings. The quantitative estimate of drug-likeness (QED) is 0.118. The topological polar surface area (TPSA) is 78.3 Å². The molecule has 5 aliphatic heterocycles. The number of para-hydroxylation sites is 1. The van der Waals surface area contributed by atoms with Crippen LogP contribution in [-0.4, -0.2) is 68.0 Å². The monoisotopic (exact) mass is 728 g/mol. The molecule has 282 valence electrons. The summed E-state index contributed by atoms with van der Waals surface area (Å²) in [5.41, 5.74) is 9.06. The van der Waals surface area contributed by atoms with Gasteiger partial charge in [-0.2, -0.15) is 5.26 Å². The number of anilines is 2. The van der Waals surface area contributed by atoms with Gasteiger partial charge in [-0.3, -0.25) is 4.79 Å². The number of rotatable bonds is 17. The van der Waals surface area contributed by atoms with E-state index in [1.165, 1.54) is 66.2 Å². The van der Waals surface area contributed by atoms with Crippen LogP contribution in [0.4, 0.5) is 11.4 Å². The maximum atomic E-state index is 12.9. The van der Waals surface area contributed by atoms with Gasteiger partial charge in [0.2, 0.25) is 0 Å². The van der Waals surface area contributed by atoms with Gasteiger partial charge in [-0.1, -0.05) is 51.0 Å². The third kappa shape index (κ3) is 7.50. The van der Waals surface area contributed by atoms with Crippen LogP contribution in [0.15, 0.2) is 30.3 Å². The molecule has 2 aromatic carbocycles. The summed E-state index contributed by atoms with van der Waals surface area (Å²) in [6, 6.07) is 14.6. The van der Waals surface area contributed by atoms with Crippen molar-refractivity contribution in [3.63, 3.8) is 0 Å². The summed E-state index contributed by atoms with van der Waals surface area (Å²) in [6.45, 7) is 14.0. The first-order valence-corrected chi connectivity index (χ1v) is 21.6. The van der Waals surface area contributed by atoms with Crippen molar-refractivity contribution in [1.29, 1.82) is 5.26 Å². The molecule has 0 radical (unpaired) electrons. The summed E-state index contributed by atoms with van der Waals surface area (Å²) in [5, 5.41) is 8.92. The van der Waals surface area contributed by atoms with Crippen molar-refractivity contribution in [1.82, 2.24) is 4.67 Å². The molecule has 5 heterocycles. The number of piperidine rings is 1. The molecule has 0 saturated carbocycles. The molecule has 8 nitrogen and oxygen atoms in total. The Balaban J connectivity index is 0.946. The molecular formula is C43H61N4O4P. The highest BCUT2D eigenvalue weighted by molar-refractivity contribution is 7.44. The van der Waals surface area contributed by atoms with Crippen LogP contribution in [0, 0.1) is 17.2 Å². The molecule has 5 atom stereocenters. The van der Waals surface area contributed by atoms with Gasteiger partial charge in [0.25, 0.3) is 8.53 Å². The zero-order chi connectivity index (χ0) is 36.2. The largest absolute Gasteiger partial charge is 0.489 e. The number of hydrogen-bond donors (Lipinski definition) is 0. The summed E-state index contributed by atoms with van der Waals surface area (Å²) < 4.78 is 21.4. The first-order valence-electron chi connectivity index (χ1n) is 20.5. The van der Waals surface area contributed by atoms with E-state index < -0.39 is 8.53 Å². The van der Waals surface area contributed by atoms with Crippen molar-refractivity contribution >= 4 is 25.7 Å². The average Bonchev–Trinajstić information content (AvgIpc) is 3.41. The number of aryl methyl sites for hydroxylation is 1. The molecule has 0 bridgehead atoms. The molecule has 5 aliphatic rings. The lowest BCUT2D eigenvalue weighted by molar-refractivity contribution is -0.119. The normalized spacial score (nSPS) is 24.8. The molecule has 0 aliphatic carbocycles. The van der Waals surface area contributed by atoms with E-state index in [0.717, 1.165) is 58.0 Å². The Morgan fingerprint density at radius 3 is 2.65 bits per heavy atom. The third-order valence-corrected chi connectivity index (χ3v) is 14.6. The van der Waals surface area contributed by atoms with Gasteiger partial charge < -0.3 is 23.6 Å². The molecule has 5 unspecified atom stereocenters. The number of carbonyl (C=O) groups is 1. The summed E-state index contributed by atoms with van der Waals surface area (Å²) >= 11 is 0. The van der Waals surface area contributed by atoms with Gasteiger partial charge in [0.15, 0.2) is 0 Å². The van der Waals surface area contributed by atoms with Crippen LogP contribution in [0.2, 0.25) is 0 Å². The fourth-order valence-electron chi connectivity index (χ4n) is 10.3. The lowest BCUT2D eigenvalue weighted by Crippen LogP contribution is -2.59. The second-order valence-electron chi connectivity index (χ2n) is 16.3. The minimum atomic E-state index is -1.22. The lowest BCUT2D eigenvalue weighted by atomic mass is 9.65. The molecule has 2 aromatic rings. The number of Topliss-reactive ketones (excluding diaryl/α,β-unsaturated/α-hetero) is 1. The summed E-state index contributed by atoms with van der Waals surface area (Å²) in [4.78, 5) is 18.3. The van der Waals surface area contributed by atoms with Gasteiger partial charge in [-0.25, -0.2) is 4.67 Å². The van der Waals surface area contributed by atoms with Crippen LogP contribution < -0.4 is 14.5 Å². The number of fused-ring (bicyclic) bond motifs is 7. The first-order chi connectivity index (χ1) is 25.3. The van der Waals surface area contributed by atoms with Crippen LogP contribution in [0.5, 0.6) is 5.75 Å². The van der Waals surface area contributed by atoms with Gasteiger partial charge in [0.1, 0.15) is 17.6 Å². The van der Waals surface area contributed by atoms with E-state index in [4.69, 9.17) is 19.0 Å². The number of unbranched alkanes of at least 4 members (excludes halogenated alkanes) is 2. The Bertz CT molecular complexity index is 1610. The predicted octanol–water partition coefficient (Wildman–Crippen LogP) is 9.06. The highest BCUT2D eigenvalue weighted by Gasteiger charge is 2.56. The molecule has 0 amide bonds. The molecule has 1 saturated heterocycles. The SMILES string of the molecule is CCN(C(C)C)P(OCCC#N)OCCCC(=O)CCCCCC1(C)c2ccccc2N2CCC3Oc4c(cc5c6c4CCCN6CCC5)CC3C21. The van der Waals surface area contributed by atoms with Crippen molar-refractivity contribution < 1.29 is 18.6 Å². The minimum absolute atomic E-state index is 0.0530. The highest BCUT2D eigenvalue weighted by atomic mass is 31.2. The van der Waals surface area contributed by atoms with Gasteiger partial charge in [-0.05, 0) is 88.0 Å². The zero-order valence-corrected chi connectivity index (χ0v) is 33.1. The number of ether oxygens (including phenoxy) is 1. The maximum absolute atomic E-state index is 12.9. The second-order valence-corrected chi connectivity index (χ2v) is 17.8. The number of hydrogen-bond acceptors (Lipinski definition) is 8. The van der Waals surface area contributed by atoms with Crippen molar-refractivity contribution in [2.24, 2.45) is 5.92 Å². The van der Waals surface area contributed by atoms with Gasteiger partial charge >= 0.3 is 0 Å². The smallest absolute Gasteiger partial charge is 0.258 e. The maximum Gasteiger partial charge on any atom is 0.258 e. The number of ketones is 1. The third-order valence-electron chi connectivity index (χ3n) is 12.6. The van der Waals surface area contributed by atoms with Crippen LogP contribution in [-0.2, 0) is 38.5 Å². The first kappa shape index (κ1) is 37.6. The van der Waals surface area contributed by atoms with Gasteiger partial charge in [-0.15, -0.1) is 0 Å². The molecular weight excluding hydrogens is 667 g/mol. The number of benzene rings is 2. The predicted molar refractivity (Wildman–Crippen MR) is 210 cm³/mol. The molecule has 0 spiro atoms. The van der Waals surface area contributed by atoms with Crippen molar-refractivity contribution in [2.45, 2.75) is 141 Å². The van der Waals surface area contributed by atoms with E-state index >= 15 is 0 Å². The van der Waals surface area contributed by atoms with E-state index in [9.17, 15) is 4.79 Å². The summed E-state index contributed by atoms with van der Waals surface area (Å²) in [5.74, 6) is 2.05. The summed E-state index contributed by atoms with van der Waals surface area (Å²) in [6.07, 6.45) is 13.9. The second kappa shape index (κ2) is 16.8. The molecule has 7 rings (SSSR count). The van der Waals surface area contributed by atoms with Gasteiger partial charge in [0.05, 0.1) is 25.7 Å². The number of nitriles is 1. The highest BCUT2D eigenvalue weighted by Crippen LogP contribution is 2.56. The Kier molecular flexibility index (Phi) is 12.1. The van der Waals surface area contributed by atoms with E-state index in [1.54, 1.807) is 5.56 Å². The summed E-state index contributed by atoms with van der Waals surface area (Å²) in [7, 11) is -1.22. The molecule has 0 aromatic heterocycles. The van der Waals surface area contributed by atoms with Gasteiger partial charge in [0, 0.05) is 85.8 Å². The van der Waals surface area contributed by atoms with Crippen LogP contribution in [0.1, 0.15) is 121 Å². The molecule has 52 heavy (non-hydrogen) atoms. The Morgan fingerprint density at radius 2 is 1.85 bits per heavy atom. The Labute approximate surface area is 314 Å². The van der Waals surface area contributed by atoms with Crippen molar-refractivity contribution in [2.75, 3.05) is 49.2 Å². The van der Waals surface area contributed by atoms with Crippen molar-refractivity contribution in [3.8, 4) is 11.8 Å². The van der Waals surface area contributed by atoms with E-state index in [-0.39, 0.29) is 11.5 Å². The Hall–Kier alpha value is -2.69. The van der Waals surface area contributed by atoms with E-state index in [2.05, 4.69) is 78.6 Å². The van der Waals surface area contributed by atoms with E-state index in [1.807, 2.05) is 0 Å². The number of carbonyl (C=O) groups excluding carboxylic acids is 1. The zero-order valence-electron chi connectivity index (χ0n) is 32.2. The lowest BCUT2D eigenvalue weighted by Gasteiger charge is -2.51. The molecule has 0 N–H and O–H groups in total. The standard InChI is InChI=1S/C43H61N4O4P/c1-5-47(31(2)3)52(50-28-14-23-44)49-27-13-17-34(48)16-7-6-10-22-43(4)37-19-8-9-20-38(37)46-26-21-39-36(42(43)46)30-33-29-32-15-11-24-45-25-12-18-35(40(32)45)41(33)51-39/h8-9,19-20,29,31,36,39,42H,5-7,10-18,21-22,24-28,30H2,1-4H3. The fourth-order valence-corrected chi connectivity index (χ4v) is 11.8.